The average molecular weight is 636 g/mol. The molecule has 1 atom stereocenters. The Hall–Kier alpha value is -4.93. The monoisotopic (exact) mass is 635 g/mol. The maximum Gasteiger partial charge on any atom is 0.301 e. The highest BCUT2D eigenvalue weighted by molar-refractivity contribution is 8.00. The lowest BCUT2D eigenvalue weighted by atomic mass is 9.95. The first-order valence-corrected chi connectivity index (χ1v) is 16.0. The number of hydrogen-bond donors (Lipinski definition) is 1. The van der Waals surface area contributed by atoms with Gasteiger partial charge in [-0.3, -0.25) is 14.5 Å². The zero-order valence-corrected chi connectivity index (χ0v) is 26.2. The van der Waals surface area contributed by atoms with Gasteiger partial charge in [0.2, 0.25) is 5.13 Å². The van der Waals surface area contributed by atoms with Gasteiger partial charge in [0.05, 0.1) is 18.7 Å². The molecular weight excluding hydrogens is 607 g/mol. The van der Waals surface area contributed by atoms with Crippen molar-refractivity contribution in [2.45, 2.75) is 29.7 Å². The molecule has 1 amide bonds. The van der Waals surface area contributed by atoms with E-state index >= 15 is 0 Å². The Kier molecular flexibility index (Phi) is 8.95. The lowest BCUT2D eigenvalue weighted by Gasteiger charge is -2.22. The molecule has 0 bridgehead atoms. The molecule has 0 radical (unpaired) electrons. The summed E-state index contributed by atoms with van der Waals surface area (Å²) >= 11 is 2.72. The minimum Gasteiger partial charge on any atom is -0.507 e. The highest BCUT2D eigenvalue weighted by atomic mass is 32.2. The molecule has 1 saturated heterocycles. The van der Waals surface area contributed by atoms with Crippen molar-refractivity contribution in [2.75, 3.05) is 12.0 Å². The molecule has 1 aromatic heterocycles. The molecule has 2 heterocycles. The van der Waals surface area contributed by atoms with Crippen molar-refractivity contribution in [2.24, 2.45) is 0 Å². The molecule has 4 aromatic carbocycles. The van der Waals surface area contributed by atoms with Crippen LogP contribution in [-0.2, 0) is 21.9 Å². The number of aliphatic hydroxyl groups excluding tert-OH is 1. The van der Waals surface area contributed by atoms with Crippen LogP contribution in [0, 0.1) is 6.92 Å². The van der Waals surface area contributed by atoms with Crippen LogP contribution in [0.4, 0.5) is 5.13 Å². The quantitative estimate of drug-likeness (QED) is 0.0559. The molecule has 45 heavy (non-hydrogen) atoms. The SMILES string of the molecule is COc1ccc(C2/C(=C(\O)c3ccc(OCc4cccc(C)c4)cc3)C(=O)C(=O)N2c2nnc(SCc3ccccc3)s2)cc1. The number of aryl methyl sites for hydroxylation is 1. The van der Waals surface area contributed by atoms with E-state index in [9.17, 15) is 14.7 Å². The number of methoxy groups -OCH3 is 1. The van der Waals surface area contributed by atoms with E-state index in [0.29, 0.717) is 39.3 Å². The van der Waals surface area contributed by atoms with E-state index in [2.05, 4.69) is 16.3 Å². The van der Waals surface area contributed by atoms with Gasteiger partial charge in [0.25, 0.3) is 5.78 Å². The van der Waals surface area contributed by atoms with Crippen LogP contribution in [-0.4, -0.2) is 34.1 Å². The summed E-state index contributed by atoms with van der Waals surface area (Å²) in [5.74, 6) is 0.0288. The van der Waals surface area contributed by atoms with Crippen molar-refractivity contribution in [1.82, 2.24) is 10.2 Å². The molecule has 5 aromatic rings. The molecule has 1 fully saturated rings. The van der Waals surface area contributed by atoms with Gasteiger partial charge in [-0.2, -0.15) is 0 Å². The highest BCUT2D eigenvalue weighted by Gasteiger charge is 2.48. The summed E-state index contributed by atoms with van der Waals surface area (Å²) < 4.78 is 11.9. The Labute approximate surface area is 269 Å². The number of thioether (sulfide) groups is 1. The fourth-order valence-electron chi connectivity index (χ4n) is 5.04. The van der Waals surface area contributed by atoms with Gasteiger partial charge in [-0.15, -0.1) is 10.2 Å². The molecule has 0 saturated carbocycles. The van der Waals surface area contributed by atoms with Crippen LogP contribution < -0.4 is 14.4 Å². The number of Topliss-reactive ketones (excluding diaryl/α,β-unsaturated/α-hetero) is 1. The number of aliphatic hydroxyl groups is 1. The van der Waals surface area contributed by atoms with Crippen molar-refractivity contribution < 1.29 is 24.2 Å². The molecule has 8 nitrogen and oxygen atoms in total. The van der Waals surface area contributed by atoms with E-state index in [1.165, 1.54) is 28.0 Å². The van der Waals surface area contributed by atoms with E-state index < -0.39 is 17.7 Å². The Morgan fingerprint density at radius 3 is 2.31 bits per heavy atom. The van der Waals surface area contributed by atoms with Crippen LogP contribution in [0.1, 0.15) is 33.9 Å². The first-order chi connectivity index (χ1) is 21.9. The third-order valence-corrected chi connectivity index (χ3v) is 9.43. The molecule has 1 N–H and O–H groups in total. The highest BCUT2D eigenvalue weighted by Crippen LogP contribution is 2.44. The summed E-state index contributed by atoms with van der Waals surface area (Å²) in [6.07, 6.45) is 0. The lowest BCUT2D eigenvalue weighted by Crippen LogP contribution is -2.29. The van der Waals surface area contributed by atoms with Crippen LogP contribution in [0.5, 0.6) is 11.5 Å². The number of ether oxygens (including phenoxy) is 2. The zero-order chi connectivity index (χ0) is 31.3. The number of carbonyl (C=O) groups excluding carboxylic acids is 2. The van der Waals surface area contributed by atoms with Crippen LogP contribution in [0.15, 0.2) is 113 Å². The third kappa shape index (κ3) is 6.62. The van der Waals surface area contributed by atoms with Gasteiger partial charge in [-0.1, -0.05) is 95.4 Å². The Morgan fingerprint density at radius 1 is 0.889 bits per heavy atom. The van der Waals surface area contributed by atoms with E-state index in [1.54, 1.807) is 55.6 Å². The topological polar surface area (TPSA) is 102 Å². The number of aromatic nitrogens is 2. The number of ketones is 1. The smallest absolute Gasteiger partial charge is 0.301 e. The minimum atomic E-state index is -0.923. The van der Waals surface area contributed by atoms with Gasteiger partial charge in [-0.25, -0.2) is 0 Å². The minimum absolute atomic E-state index is 0.0349. The Bertz CT molecular complexity index is 1850. The Morgan fingerprint density at radius 2 is 1.60 bits per heavy atom. The summed E-state index contributed by atoms with van der Waals surface area (Å²) in [4.78, 5) is 28.5. The van der Waals surface area contributed by atoms with Crippen molar-refractivity contribution >= 4 is 45.7 Å². The van der Waals surface area contributed by atoms with Crippen molar-refractivity contribution in [3.05, 3.63) is 137 Å². The van der Waals surface area contributed by atoms with Crippen molar-refractivity contribution in [3.8, 4) is 11.5 Å². The summed E-state index contributed by atoms with van der Waals surface area (Å²) in [6, 6.07) is 30.9. The van der Waals surface area contributed by atoms with Crippen LogP contribution in [0.2, 0.25) is 0 Å². The molecule has 0 aliphatic carbocycles. The maximum atomic E-state index is 13.6. The number of amides is 1. The molecule has 6 rings (SSSR count). The first-order valence-electron chi connectivity index (χ1n) is 14.1. The van der Waals surface area contributed by atoms with Crippen molar-refractivity contribution in [1.29, 1.82) is 0 Å². The van der Waals surface area contributed by atoms with Crippen molar-refractivity contribution in [3.63, 3.8) is 0 Å². The van der Waals surface area contributed by atoms with Crippen LogP contribution in [0.25, 0.3) is 5.76 Å². The predicted molar refractivity (Wildman–Crippen MR) is 176 cm³/mol. The van der Waals surface area contributed by atoms with E-state index in [1.807, 2.05) is 55.5 Å². The fraction of sp³-hybridized carbons (Fsp3) is 0.143. The summed E-state index contributed by atoms with van der Waals surface area (Å²) in [5, 5.41) is 20.4. The zero-order valence-electron chi connectivity index (χ0n) is 24.5. The van der Waals surface area contributed by atoms with Gasteiger partial charge in [-0.05, 0) is 60.0 Å². The van der Waals surface area contributed by atoms with Gasteiger partial charge in [0.15, 0.2) is 4.34 Å². The largest absolute Gasteiger partial charge is 0.507 e. The first kappa shape index (κ1) is 30.1. The van der Waals surface area contributed by atoms with Gasteiger partial charge >= 0.3 is 5.91 Å². The molecular formula is C35H29N3O5S2. The second kappa shape index (κ2) is 13.4. The van der Waals surface area contributed by atoms with Gasteiger partial charge in [0, 0.05) is 11.3 Å². The second-order valence-corrected chi connectivity index (χ2v) is 12.5. The van der Waals surface area contributed by atoms with E-state index in [0.717, 1.165) is 16.7 Å². The maximum absolute atomic E-state index is 13.6. The molecule has 10 heteroatoms. The number of benzene rings is 4. The number of rotatable bonds is 10. The average Bonchev–Trinajstić information content (AvgIpc) is 3.65. The van der Waals surface area contributed by atoms with Crippen LogP contribution in [0.3, 0.4) is 0 Å². The number of nitrogens with zero attached hydrogens (tertiary/aromatic N) is 3. The fourth-order valence-corrected chi connectivity index (χ4v) is 6.87. The van der Waals surface area contributed by atoms with Gasteiger partial charge in [0.1, 0.15) is 23.9 Å². The third-order valence-electron chi connectivity index (χ3n) is 7.30. The normalized spacial score (nSPS) is 15.8. The summed E-state index contributed by atoms with van der Waals surface area (Å²) in [6.45, 7) is 2.42. The molecule has 1 unspecified atom stereocenters. The summed E-state index contributed by atoms with van der Waals surface area (Å²) in [7, 11) is 1.56. The second-order valence-electron chi connectivity index (χ2n) is 10.4. The van der Waals surface area contributed by atoms with E-state index in [-0.39, 0.29) is 16.5 Å². The number of anilines is 1. The van der Waals surface area contributed by atoms with E-state index in [4.69, 9.17) is 9.47 Å². The number of carbonyl (C=O) groups is 2. The molecule has 0 spiro atoms. The molecule has 1 aliphatic rings. The van der Waals surface area contributed by atoms with Gasteiger partial charge < -0.3 is 14.6 Å². The predicted octanol–water partition coefficient (Wildman–Crippen LogP) is 7.35. The standard InChI is InChI=1S/C35H29N3O5S2/c1-22-7-6-10-24(19-22)20-43-28-17-13-26(14-18-28)31(39)29-30(25-11-15-27(42-2)16-12-25)38(33(41)32(29)40)34-36-37-35(45-34)44-21-23-8-4-3-5-9-23/h3-19,30,39H,20-21H2,1-2H3/b31-29+. The number of hydrogen-bond acceptors (Lipinski definition) is 9. The summed E-state index contributed by atoms with van der Waals surface area (Å²) in [5.41, 5.74) is 4.28. The molecule has 1 aliphatic heterocycles. The lowest BCUT2D eigenvalue weighted by molar-refractivity contribution is -0.132. The molecule has 226 valence electrons. The Balaban J connectivity index is 1.30. The van der Waals surface area contributed by atoms with Crippen LogP contribution >= 0.6 is 23.1 Å².